The molecule has 0 radical (unpaired) electrons. The minimum absolute atomic E-state index is 0.507. The molecule has 0 aromatic heterocycles. The molecule has 1 spiro atoms. The number of hydrogen-bond donors (Lipinski definition) is 2. The van der Waals surface area contributed by atoms with Crippen LogP contribution in [0.5, 0.6) is 0 Å². The van der Waals surface area contributed by atoms with Crippen LogP contribution in [-0.4, -0.2) is 34.1 Å². The van der Waals surface area contributed by atoms with Crippen molar-refractivity contribution >= 4 is 0 Å². The summed E-state index contributed by atoms with van der Waals surface area (Å²) in [6.45, 7) is 3.16. The molecule has 0 aromatic rings. The second-order valence-corrected chi connectivity index (χ2v) is 3.83. The van der Waals surface area contributed by atoms with E-state index in [2.05, 4.69) is 0 Å². The van der Waals surface area contributed by atoms with Gasteiger partial charge >= 0.3 is 0 Å². The van der Waals surface area contributed by atoms with Crippen LogP contribution in [0.1, 0.15) is 19.8 Å². The molecule has 1 saturated carbocycles. The van der Waals surface area contributed by atoms with Gasteiger partial charge in [0.1, 0.15) is 0 Å². The lowest BCUT2D eigenvalue weighted by Gasteiger charge is -2.45. The molecule has 2 rings (SSSR count). The minimum Gasteiger partial charge on any atom is -0.353 e. The van der Waals surface area contributed by atoms with Crippen LogP contribution < -0.4 is 0 Å². The van der Waals surface area contributed by atoms with E-state index in [0.717, 1.165) is 13.1 Å². The molecule has 1 saturated heterocycles. The van der Waals surface area contributed by atoms with Gasteiger partial charge in [0.05, 0.1) is 0 Å². The third kappa shape index (κ3) is 0.856. The Hall–Kier alpha value is -0.120. The van der Waals surface area contributed by atoms with E-state index in [9.17, 15) is 0 Å². The molecule has 2 fully saturated rings. The lowest BCUT2D eigenvalue weighted by Crippen LogP contribution is -2.59. The van der Waals surface area contributed by atoms with Crippen molar-refractivity contribution in [3.05, 3.63) is 0 Å². The summed E-state index contributed by atoms with van der Waals surface area (Å²) in [6, 6.07) is 0. The average molecular weight is 143 g/mol. The van der Waals surface area contributed by atoms with Crippen LogP contribution in [0.2, 0.25) is 0 Å². The number of rotatable bonds is 1. The van der Waals surface area contributed by atoms with Gasteiger partial charge in [-0.05, 0) is 18.3 Å². The maximum Gasteiger partial charge on any atom is 0.221 e. The number of nitrogens with zero attached hydrogens (tertiary/aromatic N) is 1. The number of likely N-dealkylation sites (tertiary alicyclic amines) is 1. The standard InChI is InChI=1S/C7H13NO2/c1-6(9,10)8-4-7(5-8)2-3-7/h9-10H,2-5H2,1H3. The van der Waals surface area contributed by atoms with Crippen LogP contribution >= 0.6 is 0 Å². The van der Waals surface area contributed by atoms with Gasteiger partial charge in [0.15, 0.2) is 0 Å². The summed E-state index contributed by atoms with van der Waals surface area (Å²) in [6.07, 6.45) is 2.55. The molecule has 0 unspecified atom stereocenters. The van der Waals surface area contributed by atoms with Crippen molar-refractivity contribution in [1.82, 2.24) is 4.90 Å². The summed E-state index contributed by atoms with van der Waals surface area (Å²) in [5, 5.41) is 18.2. The predicted octanol–water partition coefficient (Wildman–Crippen LogP) is -0.260. The molecule has 1 heterocycles. The molecule has 1 aliphatic heterocycles. The first kappa shape index (κ1) is 6.58. The second kappa shape index (κ2) is 1.55. The maximum atomic E-state index is 9.08. The molecule has 3 nitrogen and oxygen atoms in total. The van der Waals surface area contributed by atoms with Crippen molar-refractivity contribution in [2.24, 2.45) is 5.41 Å². The van der Waals surface area contributed by atoms with Gasteiger partial charge in [0.25, 0.3) is 0 Å². The summed E-state index contributed by atoms with van der Waals surface area (Å²) in [5.41, 5.74) is 0.507. The Bertz CT molecular complexity index is 149. The smallest absolute Gasteiger partial charge is 0.221 e. The fraction of sp³-hybridized carbons (Fsp3) is 1.00. The van der Waals surface area contributed by atoms with Crippen LogP contribution in [0.25, 0.3) is 0 Å². The Morgan fingerprint density at radius 1 is 1.30 bits per heavy atom. The summed E-state index contributed by atoms with van der Waals surface area (Å²) >= 11 is 0. The minimum atomic E-state index is -1.58. The van der Waals surface area contributed by atoms with E-state index < -0.39 is 5.91 Å². The summed E-state index contributed by atoms with van der Waals surface area (Å²) < 4.78 is 0. The van der Waals surface area contributed by atoms with Gasteiger partial charge in [-0.2, -0.15) is 0 Å². The van der Waals surface area contributed by atoms with E-state index in [0.29, 0.717) is 5.41 Å². The summed E-state index contributed by atoms with van der Waals surface area (Å²) in [5.74, 6) is -1.58. The molecule has 1 aliphatic carbocycles. The molecule has 3 heteroatoms. The Morgan fingerprint density at radius 2 is 1.80 bits per heavy atom. The molecule has 0 aromatic carbocycles. The van der Waals surface area contributed by atoms with Gasteiger partial charge in [0, 0.05) is 20.0 Å². The molecule has 10 heavy (non-hydrogen) atoms. The molecule has 0 bridgehead atoms. The number of aliphatic hydroxyl groups is 2. The van der Waals surface area contributed by atoms with Crippen molar-refractivity contribution in [2.45, 2.75) is 25.7 Å². The highest BCUT2D eigenvalue weighted by Crippen LogP contribution is 2.53. The van der Waals surface area contributed by atoms with Gasteiger partial charge in [0.2, 0.25) is 5.91 Å². The Morgan fingerprint density at radius 3 is 2.10 bits per heavy atom. The first-order valence-electron chi connectivity index (χ1n) is 3.72. The lowest BCUT2D eigenvalue weighted by molar-refractivity contribution is -0.281. The molecule has 2 N–H and O–H groups in total. The summed E-state index contributed by atoms with van der Waals surface area (Å²) in [4.78, 5) is 1.69. The van der Waals surface area contributed by atoms with Gasteiger partial charge in [-0.15, -0.1) is 0 Å². The van der Waals surface area contributed by atoms with E-state index in [1.807, 2.05) is 0 Å². The topological polar surface area (TPSA) is 43.7 Å². The van der Waals surface area contributed by atoms with Crippen molar-refractivity contribution in [3.63, 3.8) is 0 Å². The monoisotopic (exact) mass is 143 g/mol. The zero-order valence-electron chi connectivity index (χ0n) is 6.17. The molecule has 0 amide bonds. The second-order valence-electron chi connectivity index (χ2n) is 3.83. The fourth-order valence-electron chi connectivity index (χ4n) is 1.56. The van der Waals surface area contributed by atoms with Gasteiger partial charge in [-0.3, -0.25) is 4.90 Å². The molecular formula is C7H13NO2. The molecular weight excluding hydrogens is 130 g/mol. The van der Waals surface area contributed by atoms with Gasteiger partial charge in [-0.25, -0.2) is 0 Å². The van der Waals surface area contributed by atoms with Crippen molar-refractivity contribution < 1.29 is 10.2 Å². The average Bonchev–Trinajstić information content (AvgIpc) is 2.32. The van der Waals surface area contributed by atoms with E-state index in [1.165, 1.54) is 19.8 Å². The third-order valence-electron chi connectivity index (χ3n) is 2.61. The van der Waals surface area contributed by atoms with Crippen molar-refractivity contribution in [1.29, 1.82) is 0 Å². The quantitative estimate of drug-likeness (QED) is 0.497. The highest BCUT2D eigenvalue weighted by molar-refractivity contribution is 5.06. The predicted molar refractivity (Wildman–Crippen MR) is 36.1 cm³/mol. The Balaban J connectivity index is 1.90. The zero-order chi connectivity index (χ0) is 7.41. The highest BCUT2D eigenvalue weighted by atomic mass is 16.5. The van der Waals surface area contributed by atoms with Crippen LogP contribution in [0.3, 0.4) is 0 Å². The largest absolute Gasteiger partial charge is 0.353 e. The Labute approximate surface area is 60.3 Å². The molecule has 2 aliphatic rings. The van der Waals surface area contributed by atoms with Crippen molar-refractivity contribution in [3.8, 4) is 0 Å². The maximum absolute atomic E-state index is 9.08. The van der Waals surface area contributed by atoms with Gasteiger partial charge in [-0.1, -0.05) is 0 Å². The zero-order valence-corrected chi connectivity index (χ0v) is 6.17. The van der Waals surface area contributed by atoms with E-state index in [1.54, 1.807) is 4.90 Å². The first-order valence-corrected chi connectivity index (χ1v) is 3.72. The van der Waals surface area contributed by atoms with Crippen LogP contribution in [0.4, 0.5) is 0 Å². The van der Waals surface area contributed by atoms with E-state index in [-0.39, 0.29) is 0 Å². The Kier molecular flexibility index (Phi) is 1.02. The van der Waals surface area contributed by atoms with Gasteiger partial charge < -0.3 is 10.2 Å². The summed E-state index contributed by atoms with van der Waals surface area (Å²) in [7, 11) is 0. The SMILES string of the molecule is CC(O)(O)N1CC2(CC2)C1. The van der Waals surface area contributed by atoms with Crippen LogP contribution in [0.15, 0.2) is 0 Å². The van der Waals surface area contributed by atoms with Crippen molar-refractivity contribution in [2.75, 3.05) is 13.1 Å². The fourth-order valence-corrected chi connectivity index (χ4v) is 1.56. The van der Waals surface area contributed by atoms with E-state index >= 15 is 0 Å². The third-order valence-corrected chi connectivity index (χ3v) is 2.61. The van der Waals surface area contributed by atoms with Crippen LogP contribution in [-0.2, 0) is 0 Å². The first-order chi connectivity index (χ1) is 4.52. The molecule has 58 valence electrons. The molecule has 0 atom stereocenters. The number of hydrogen-bond acceptors (Lipinski definition) is 3. The lowest BCUT2D eigenvalue weighted by atomic mass is 9.96. The normalized spacial score (nSPS) is 30.3. The highest BCUT2D eigenvalue weighted by Gasteiger charge is 2.55. The van der Waals surface area contributed by atoms with Crippen LogP contribution in [0, 0.1) is 5.41 Å². The van der Waals surface area contributed by atoms with E-state index in [4.69, 9.17) is 10.2 Å².